The van der Waals surface area contributed by atoms with E-state index in [1.807, 2.05) is 18.2 Å². The van der Waals surface area contributed by atoms with Gasteiger partial charge in [0.1, 0.15) is 6.04 Å². The predicted molar refractivity (Wildman–Crippen MR) is 73.7 cm³/mol. The Morgan fingerprint density at radius 3 is 2.94 bits per heavy atom. The summed E-state index contributed by atoms with van der Waals surface area (Å²) in [4.78, 5) is 15.9. The van der Waals surface area contributed by atoms with Crippen LogP contribution in [0.1, 0.15) is 25.3 Å². The van der Waals surface area contributed by atoms with E-state index in [1.54, 1.807) is 18.6 Å². The molecule has 1 amide bonds. The second-order valence-electron chi connectivity index (χ2n) is 4.53. The minimum Gasteiger partial charge on any atom is -0.374 e. The standard InChI is InChI=1S/C14H17N3O/c1-10(2)11-4-3-5-12(8-11)17-14(18)13-9-15-6-7-16-13/h3-10,13,16H,1-2H3,(H,17,18). The molecule has 1 aliphatic heterocycles. The third kappa shape index (κ3) is 2.97. The van der Waals surface area contributed by atoms with E-state index in [0.29, 0.717) is 5.92 Å². The summed E-state index contributed by atoms with van der Waals surface area (Å²) in [7, 11) is 0. The maximum absolute atomic E-state index is 11.9. The summed E-state index contributed by atoms with van der Waals surface area (Å²) in [5, 5.41) is 5.81. The van der Waals surface area contributed by atoms with Gasteiger partial charge in [0.2, 0.25) is 0 Å². The first-order chi connectivity index (χ1) is 8.66. The summed E-state index contributed by atoms with van der Waals surface area (Å²) < 4.78 is 0. The van der Waals surface area contributed by atoms with Crippen LogP contribution in [0.2, 0.25) is 0 Å². The molecule has 4 heteroatoms. The molecule has 4 nitrogen and oxygen atoms in total. The van der Waals surface area contributed by atoms with Crippen LogP contribution in [0.25, 0.3) is 0 Å². The molecule has 1 unspecified atom stereocenters. The van der Waals surface area contributed by atoms with E-state index in [4.69, 9.17) is 0 Å². The molecular formula is C14H17N3O. The van der Waals surface area contributed by atoms with Crippen LogP contribution in [-0.4, -0.2) is 18.2 Å². The molecule has 0 saturated heterocycles. The van der Waals surface area contributed by atoms with Crippen LogP contribution in [0, 0.1) is 0 Å². The summed E-state index contributed by atoms with van der Waals surface area (Å²) in [6, 6.07) is 7.49. The molecular weight excluding hydrogens is 226 g/mol. The molecule has 0 aliphatic carbocycles. The van der Waals surface area contributed by atoms with Gasteiger partial charge in [-0.3, -0.25) is 9.79 Å². The molecule has 0 aromatic heterocycles. The number of nitrogens with zero attached hydrogens (tertiary/aromatic N) is 1. The fourth-order valence-corrected chi connectivity index (χ4v) is 1.71. The van der Waals surface area contributed by atoms with Crippen molar-refractivity contribution in [2.75, 3.05) is 5.32 Å². The Balaban J connectivity index is 2.05. The highest BCUT2D eigenvalue weighted by molar-refractivity contribution is 6.05. The van der Waals surface area contributed by atoms with Crippen LogP contribution in [-0.2, 0) is 4.79 Å². The van der Waals surface area contributed by atoms with Crippen LogP contribution >= 0.6 is 0 Å². The summed E-state index contributed by atoms with van der Waals surface area (Å²) >= 11 is 0. The number of amides is 1. The monoisotopic (exact) mass is 243 g/mol. The molecule has 2 rings (SSSR count). The molecule has 1 aromatic rings. The Bertz CT molecular complexity index is 492. The molecule has 0 spiro atoms. The van der Waals surface area contributed by atoms with Crippen molar-refractivity contribution >= 4 is 17.8 Å². The number of aliphatic imine (C=N–C) groups is 1. The Labute approximate surface area is 107 Å². The zero-order valence-corrected chi connectivity index (χ0v) is 10.6. The van der Waals surface area contributed by atoms with Gasteiger partial charge in [-0.1, -0.05) is 26.0 Å². The first-order valence-electron chi connectivity index (χ1n) is 6.02. The first-order valence-corrected chi connectivity index (χ1v) is 6.02. The van der Waals surface area contributed by atoms with Gasteiger partial charge in [-0.25, -0.2) is 0 Å². The Morgan fingerprint density at radius 2 is 2.28 bits per heavy atom. The van der Waals surface area contributed by atoms with Crippen molar-refractivity contribution in [3.05, 3.63) is 42.2 Å². The van der Waals surface area contributed by atoms with E-state index in [0.717, 1.165) is 5.69 Å². The number of rotatable bonds is 3. The lowest BCUT2D eigenvalue weighted by atomic mass is 10.0. The number of hydrogen-bond donors (Lipinski definition) is 2. The van der Waals surface area contributed by atoms with E-state index < -0.39 is 6.04 Å². The number of hydrogen-bond acceptors (Lipinski definition) is 3. The van der Waals surface area contributed by atoms with Gasteiger partial charge in [0.25, 0.3) is 5.91 Å². The van der Waals surface area contributed by atoms with Crippen molar-refractivity contribution < 1.29 is 4.79 Å². The molecule has 0 radical (unpaired) electrons. The maximum Gasteiger partial charge on any atom is 0.252 e. The number of carbonyl (C=O) groups excluding carboxylic acids is 1. The second kappa shape index (κ2) is 5.49. The van der Waals surface area contributed by atoms with Crippen LogP contribution in [0.15, 0.2) is 41.7 Å². The van der Waals surface area contributed by atoms with Crippen molar-refractivity contribution in [3.63, 3.8) is 0 Å². The second-order valence-corrected chi connectivity index (χ2v) is 4.53. The molecule has 18 heavy (non-hydrogen) atoms. The average molecular weight is 243 g/mol. The number of anilines is 1. The van der Waals surface area contributed by atoms with Crippen LogP contribution < -0.4 is 10.6 Å². The third-order valence-electron chi connectivity index (χ3n) is 2.77. The summed E-state index contributed by atoms with van der Waals surface area (Å²) in [5.74, 6) is 0.336. The molecule has 0 bridgehead atoms. The van der Waals surface area contributed by atoms with Gasteiger partial charge in [-0.05, 0) is 23.6 Å². The van der Waals surface area contributed by atoms with Gasteiger partial charge in [-0.15, -0.1) is 0 Å². The van der Waals surface area contributed by atoms with E-state index in [9.17, 15) is 4.79 Å². The molecule has 2 N–H and O–H groups in total. The molecule has 1 aliphatic rings. The first kappa shape index (κ1) is 12.4. The van der Waals surface area contributed by atoms with Crippen LogP contribution in [0.5, 0.6) is 0 Å². The van der Waals surface area contributed by atoms with E-state index in [-0.39, 0.29) is 5.91 Å². The minimum atomic E-state index is -0.405. The third-order valence-corrected chi connectivity index (χ3v) is 2.77. The van der Waals surface area contributed by atoms with Crippen molar-refractivity contribution in [1.82, 2.24) is 5.32 Å². The SMILES string of the molecule is CC(C)c1cccc(NC(=O)C2C=NC=CN2)c1. The molecule has 0 fully saturated rings. The zero-order valence-electron chi connectivity index (χ0n) is 10.6. The van der Waals surface area contributed by atoms with Crippen molar-refractivity contribution in [2.45, 2.75) is 25.8 Å². The lowest BCUT2D eigenvalue weighted by Gasteiger charge is -2.15. The van der Waals surface area contributed by atoms with Gasteiger partial charge in [-0.2, -0.15) is 0 Å². The summed E-state index contributed by atoms with van der Waals surface area (Å²) in [6.45, 7) is 4.25. The van der Waals surface area contributed by atoms with Crippen LogP contribution in [0.3, 0.4) is 0 Å². The van der Waals surface area contributed by atoms with Crippen LogP contribution in [0.4, 0.5) is 5.69 Å². The van der Waals surface area contributed by atoms with Crippen molar-refractivity contribution in [2.24, 2.45) is 4.99 Å². The normalized spacial score (nSPS) is 17.6. The van der Waals surface area contributed by atoms with Gasteiger partial charge < -0.3 is 10.6 Å². The van der Waals surface area contributed by atoms with Gasteiger partial charge in [0, 0.05) is 24.3 Å². The quantitative estimate of drug-likeness (QED) is 0.855. The average Bonchev–Trinajstić information content (AvgIpc) is 2.40. The lowest BCUT2D eigenvalue weighted by Crippen LogP contribution is -2.40. The molecule has 1 heterocycles. The molecule has 1 aromatic carbocycles. The van der Waals surface area contributed by atoms with Gasteiger partial charge >= 0.3 is 0 Å². The van der Waals surface area contributed by atoms with E-state index in [1.165, 1.54) is 5.56 Å². The lowest BCUT2D eigenvalue weighted by molar-refractivity contribution is -0.116. The van der Waals surface area contributed by atoms with Gasteiger partial charge in [0.15, 0.2) is 0 Å². The largest absolute Gasteiger partial charge is 0.374 e. The fraction of sp³-hybridized carbons (Fsp3) is 0.286. The smallest absolute Gasteiger partial charge is 0.252 e. The predicted octanol–water partition coefficient (Wildman–Crippen LogP) is 2.26. The Hall–Kier alpha value is -2.10. The number of nitrogens with one attached hydrogen (secondary N) is 2. The Kier molecular flexibility index (Phi) is 3.77. The highest BCUT2D eigenvalue weighted by Crippen LogP contribution is 2.18. The highest BCUT2D eigenvalue weighted by atomic mass is 16.2. The van der Waals surface area contributed by atoms with E-state index in [2.05, 4.69) is 35.5 Å². The van der Waals surface area contributed by atoms with Crippen molar-refractivity contribution in [1.29, 1.82) is 0 Å². The maximum atomic E-state index is 11.9. The van der Waals surface area contributed by atoms with Gasteiger partial charge in [0.05, 0.1) is 0 Å². The summed E-state index contributed by atoms with van der Waals surface area (Å²) in [5.41, 5.74) is 2.02. The Morgan fingerprint density at radius 1 is 1.44 bits per heavy atom. The minimum absolute atomic E-state index is 0.107. The zero-order chi connectivity index (χ0) is 13.0. The highest BCUT2D eigenvalue weighted by Gasteiger charge is 2.15. The van der Waals surface area contributed by atoms with Crippen molar-refractivity contribution in [3.8, 4) is 0 Å². The molecule has 1 atom stereocenters. The molecule has 94 valence electrons. The number of carbonyl (C=O) groups is 1. The number of benzene rings is 1. The fourth-order valence-electron chi connectivity index (χ4n) is 1.71. The van der Waals surface area contributed by atoms with E-state index >= 15 is 0 Å². The topological polar surface area (TPSA) is 53.5 Å². The summed E-state index contributed by atoms with van der Waals surface area (Å²) in [6.07, 6.45) is 4.86. The molecule has 0 saturated carbocycles.